The van der Waals surface area contributed by atoms with Crippen LogP contribution < -0.4 is 10.1 Å². The van der Waals surface area contributed by atoms with Gasteiger partial charge in [0.05, 0.1) is 12.7 Å². The molecular formula is C19H17N3O3. The summed E-state index contributed by atoms with van der Waals surface area (Å²) in [5, 5.41) is 11.7. The van der Waals surface area contributed by atoms with Crippen molar-refractivity contribution in [2.75, 3.05) is 11.9 Å². The van der Waals surface area contributed by atoms with E-state index in [0.717, 1.165) is 0 Å². The largest absolute Gasteiger partial charge is 0.493 e. The van der Waals surface area contributed by atoms with E-state index in [9.17, 15) is 14.9 Å². The van der Waals surface area contributed by atoms with E-state index in [1.807, 2.05) is 0 Å². The molecule has 6 heteroatoms. The zero-order valence-corrected chi connectivity index (χ0v) is 13.5. The van der Waals surface area contributed by atoms with Crippen molar-refractivity contribution in [1.29, 1.82) is 5.26 Å². The van der Waals surface area contributed by atoms with Crippen LogP contribution in [-0.2, 0) is 4.79 Å². The Kier molecular flexibility index (Phi) is 5.05. The molecule has 1 N–H and O–H groups in total. The number of ketones is 1. The number of benzene rings is 1. The maximum absolute atomic E-state index is 12.5. The quantitative estimate of drug-likeness (QED) is 0.620. The Bertz CT molecular complexity index is 793. The van der Waals surface area contributed by atoms with Gasteiger partial charge in [0.1, 0.15) is 11.6 Å². The van der Waals surface area contributed by atoms with Gasteiger partial charge in [-0.1, -0.05) is 6.07 Å². The Labute approximate surface area is 145 Å². The average molecular weight is 335 g/mol. The number of hydrogen-bond donors (Lipinski definition) is 1. The highest BCUT2D eigenvalue weighted by atomic mass is 16.5. The summed E-state index contributed by atoms with van der Waals surface area (Å²) in [6.45, 7) is 0.681. The van der Waals surface area contributed by atoms with E-state index < -0.39 is 17.6 Å². The smallest absolute Gasteiger partial charge is 0.250 e. The molecule has 0 aliphatic heterocycles. The van der Waals surface area contributed by atoms with Crippen molar-refractivity contribution in [3.63, 3.8) is 0 Å². The van der Waals surface area contributed by atoms with E-state index in [-0.39, 0.29) is 0 Å². The summed E-state index contributed by atoms with van der Waals surface area (Å²) in [6, 6.07) is 13.3. The van der Waals surface area contributed by atoms with E-state index in [2.05, 4.69) is 10.3 Å². The highest BCUT2D eigenvalue weighted by Crippen LogP contribution is 2.29. The number of carbonyl (C=O) groups is 2. The van der Waals surface area contributed by atoms with Crippen LogP contribution in [0.25, 0.3) is 0 Å². The van der Waals surface area contributed by atoms with Gasteiger partial charge in [-0.05, 0) is 55.2 Å². The van der Waals surface area contributed by atoms with Crippen LogP contribution in [0.2, 0.25) is 0 Å². The van der Waals surface area contributed by atoms with Gasteiger partial charge >= 0.3 is 0 Å². The van der Waals surface area contributed by atoms with Crippen LogP contribution in [0.3, 0.4) is 0 Å². The molecule has 1 amide bonds. The van der Waals surface area contributed by atoms with Crippen molar-refractivity contribution in [3.05, 3.63) is 54.2 Å². The first-order valence-corrected chi connectivity index (χ1v) is 8.06. The Morgan fingerprint density at radius 1 is 1.24 bits per heavy atom. The molecule has 1 heterocycles. The van der Waals surface area contributed by atoms with E-state index in [1.54, 1.807) is 48.5 Å². The topological polar surface area (TPSA) is 92.1 Å². The monoisotopic (exact) mass is 335 g/mol. The van der Waals surface area contributed by atoms with Gasteiger partial charge in [0.15, 0.2) is 11.7 Å². The summed E-state index contributed by atoms with van der Waals surface area (Å²) < 4.78 is 5.61. The van der Waals surface area contributed by atoms with Crippen LogP contribution in [0.1, 0.15) is 23.2 Å². The number of rotatable bonds is 7. The number of amides is 1. The molecule has 1 aliphatic rings. The van der Waals surface area contributed by atoms with Gasteiger partial charge in [0, 0.05) is 11.8 Å². The van der Waals surface area contributed by atoms with Crippen LogP contribution in [0.5, 0.6) is 5.75 Å². The summed E-state index contributed by atoms with van der Waals surface area (Å²) in [5.41, 5.74) is 0.293. The number of Topliss-reactive ketones (excluding diaryl/α,β-unsaturated/α-hetero) is 1. The van der Waals surface area contributed by atoms with Crippen molar-refractivity contribution in [1.82, 2.24) is 4.98 Å². The molecule has 0 radical (unpaired) electrons. The number of aromatic nitrogens is 1. The molecule has 0 saturated heterocycles. The molecule has 0 bridgehead atoms. The van der Waals surface area contributed by atoms with Gasteiger partial charge in [-0.15, -0.1) is 0 Å². The van der Waals surface area contributed by atoms with Gasteiger partial charge in [-0.2, -0.15) is 5.26 Å². The third-order valence-corrected chi connectivity index (χ3v) is 3.89. The number of anilines is 1. The fourth-order valence-corrected chi connectivity index (χ4v) is 2.25. The number of ether oxygens (including phenoxy) is 1. The van der Waals surface area contributed by atoms with E-state index in [0.29, 0.717) is 29.7 Å². The Morgan fingerprint density at radius 2 is 2.00 bits per heavy atom. The van der Waals surface area contributed by atoms with Crippen LogP contribution in [-0.4, -0.2) is 23.3 Å². The Hall–Kier alpha value is -3.20. The number of hydrogen-bond acceptors (Lipinski definition) is 5. The minimum Gasteiger partial charge on any atom is -0.493 e. The third-order valence-electron chi connectivity index (χ3n) is 3.89. The summed E-state index contributed by atoms with van der Waals surface area (Å²) in [5.74, 6) is -1.07. The summed E-state index contributed by atoms with van der Waals surface area (Å²) in [4.78, 5) is 28.6. The first-order valence-electron chi connectivity index (χ1n) is 8.06. The lowest BCUT2D eigenvalue weighted by molar-refractivity contribution is -0.117. The van der Waals surface area contributed by atoms with Crippen LogP contribution >= 0.6 is 0 Å². The molecule has 1 saturated carbocycles. The van der Waals surface area contributed by atoms with E-state index >= 15 is 0 Å². The average Bonchev–Trinajstić information content (AvgIpc) is 3.46. The first-order chi connectivity index (χ1) is 12.2. The number of nitrogens with one attached hydrogen (secondary N) is 1. The lowest BCUT2D eigenvalue weighted by Gasteiger charge is -2.10. The molecule has 6 nitrogen and oxygen atoms in total. The molecule has 126 valence electrons. The molecule has 3 rings (SSSR count). The fraction of sp³-hybridized carbons (Fsp3) is 0.263. The van der Waals surface area contributed by atoms with Crippen molar-refractivity contribution in [2.24, 2.45) is 11.8 Å². The lowest BCUT2D eigenvalue weighted by atomic mass is 9.98. The molecule has 1 aliphatic carbocycles. The van der Waals surface area contributed by atoms with Gasteiger partial charge < -0.3 is 10.1 Å². The second kappa shape index (κ2) is 7.58. The van der Waals surface area contributed by atoms with E-state index in [1.165, 1.54) is 19.0 Å². The second-order valence-corrected chi connectivity index (χ2v) is 5.91. The maximum atomic E-state index is 12.5. The molecular weight excluding hydrogens is 318 g/mol. The SMILES string of the molecule is N#C[C@H](C(=O)Nc1ccccn1)C(=O)c1ccc(OCC2CC2)cc1. The molecule has 1 aromatic carbocycles. The molecule has 0 unspecified atom stereocenters. The fourth-order valence-electron chi connectivity index (χ4n) is 2.25. The van der Waals surface area contributed by atoms with Crippen LogP contribution in [0.15, 0.2) is 48.7 Å². The highest BCUT2D eigenvalue weighted by Gasteiger charge is 2.28. The zero-order valence-electron chi connectivity index (χ0n) is 13.5. The molecule has 1 fully saturated rings. The lowest BCUT2D eigenvalue weighted by Crippen LogP contribution is -2.29. The summed E-state index contributed by atoms with van der Waals surface area (Å²) in [6.07, 6.45) is 3.91. The van der Waals surface area contributed by atoms with Gasteiger partial charge in [-0.25, -0.2) is 4.98 Å². The van der Waals surface area contributed by atoms with Gasteiger partial charge in [0.25, 0.3) is 5.91 Å². The van der Waals surface area contributed by atoms with Crippen molar-refractivity contribution >= 4 is 17.5 Å². The van der Waals surface area contributed by atoms with Crippen LogP contribution in [0.4, 0.5) is 5.82 Å². The van der Waals surface area contributed by atoms with Crippen molar-refractivity contribution < 1.29 is 14.3 Å². The molecule has 1 atom stereocenters. The normalized spacial score (nSPS) is 14.2. The summed E-state index contributed by atoms with van der Waals surface area (Å²) in [7, 11) is 0. The molecule has 0 spiro atoms. The summed E-state index contributed by atoms with van der Waals surface area (Å²) >= 11 is 0. The predicted octanol–water partition coefficient (Wildman–Crippen LogP) is 2.83. The number of carbonyl (C=O) groups excluding carboxylic acids is 2. The molecule has 25 heavy (non-hydrogen) atoms. The van der Waals surface area contributed by atoms with Gasteiger partial charge in [-0.3, -0.25) is 9.59 Å². The minimum absolute atomic E-state index is 0.293. The zero-order chi connectivity index (χ0) is 17.6. The van der Waals surface area contributed by atoms with Crippen molar-refractivity contribution in [2.45, 2.75) is 12.8 Å². The highest BCUT2D eigenvalue weighted by molar-refractivity contribution is 6.15. The standard InChI is InChI=1S/C19H17N3O3/c20-11-16(19(24)22-17-3-1-2-10-21-17)18(23)14-6-8-15(9-7-14)25-12-13-4-5-13/h1-3,6-10,13,16H,4-5,12H2,(H,21,22,24)/t16-/m0/s1. The number of nitriles is 1. The van der Waals surface area contributed by atoms with Gasteiger partial charge in [0.2, 0.25) is 0 Å². The predicted molar refractivity (Wildman–Crippen MR) is 91.0 cm³/mol. The second-order valence-electron chi connectivity index (χ2n) is 5.91. The Morgan fingerprint density at radius 3 is 2.60 bits per heavy atom. The minimum atomic E-state index is -1.43. The van der Waals surface area contributed by atoms with Crippen LogP contribution in [0, 0.1) is 23.2 Å². The number of nitrogens with zero attached hydrogens (tertiary/aromatic N) is 2. The third kappa shape index (κ3) is 4.42. The van der Waals surface area contributed by atoms with E-state index in [4.69, 9.17) is 4.74 Å². The van der Waals surface area contributed by atoms with Crippen molar-refractivity contribution in [3.8, 4) is 11.8 Å². The number of pyridine rings is 1. The Balaban J connectivity index is 1.64. The molecule has 2 aromatic rings. The molecule has 1 aromatic heterocycles. The first kappa shape index (κ1) is 16.7. The maximum Gasteiger partial charge on any atom is 0.250 e.